The number of hydrogen-bond donors (Lipinski definition) is 3. The third kappa shape index (κ3) is 3.03. The molecule has 0 aliphatic carbocycles. The highest BCUT2D eigenvalue weighted by Crippen LogP contribution is 2.18. The zero-order chi connectivity index (χ0) is 13.9. The van der Waals surface area contributed by atoms with E-state index in [0.717, 1.165) is 0 Å². The number of nitrogens with zero attached hydrogens (tertiary/aromatic N) is 1. The van der Waals surface area contributed by atoms with E-state index < -0.39 is 10.0 Å². The molecule has 0 spiro atoms. The van der Waals surface area contributed by atoms with E-state index in [4.69, 9.17) is 5.84 Å². The van der Waals surface area contributed by atoms with Crippen LogP contribution in [0.2, 0.25) is 0 Å². The highest BCUT2D eigenvalue weighted by Gasteiger charge is 2.26. The first-order valence-electron chi connectivity index (χ1n) is 5.87. The molecule has 0 aromatic heterocycles. The molecule has 2 rings (SSSR count). The molecule has 1 aliphatic heterocycles. The number of hydrazine groups is 1. The number of rotatable bonds is 3. The summed E-state index contributed by atoms with van der Waals surface area (Å²) in [6.45, 7) is 0.816. The maximum Gasteiger partial charge on any atom is 0.243 e. The lowest BCUT2D eigenvalue weighted by Gasteiger charge is -2.19. The first-order valence-corrected chi connectivity index (χ1v) is 7.31. The Morgan fingerprint density at radius 1 is 1.21 bits per heavy atom. The van der Waals surface area contributed by atoms with Crippen molar-refractivity contribution in [3.8, 4) is 0 Å². The van der Waals surface area contributed by atoms with Crippen molar-refractivity contribution < 1.29 is 13.2 Å². The highest BCUT2D eigenvalue weighted by molar-refractivity contribution is 7.89. The Labute approximate surface area is 111 Å². The summed E-state index contributed by atoms with van der Waals surface area (Å²) in [6.07, 6.45) is 0.182. The molecule has 8 heteroatoms. The van der Waals surface area contributed by atoms with E-state index in [1.165, 1.54) is 16.4 Å². The van der Waals surface area contributed by atoms with Crippen LogP contribution < -0.4 is 16.6 Å². The van der Waals surface area contributed by atoms with Gasteiger partial charge in [0.05, 0.1) is 4.90 Å². The molecule has 0 saturated carbocycles. The molecule has 19 heavy (non-hydrogen) atoms. The monoisotopic (exact) mass is 284 g/mol. The van der Waals surface area contributed by atoms with Crippen LogP contribution in [-0.2, 0) is 14.8 Å². The van der Waals surface area contributed by atoms with E-state index in [0.29, 0.717) is 12.2 Å². The molecule has 1 aromatic rings. The normalized spacial score (nSPS) is 17.6. The second kappa shape index (κ2) is 5.55. The zero-order valence-electron chi connectivity index (χ0n) is 10.3. The fourth-order valence-corrected chi connectivity index (χ4v) is 3.30. The van der Waals surface area contributed by atoms with Crippen LogP contribution in [0.15, 0.2) is 29.2 Å². The average Bonchev–Trinajstić information content (AvgIpc) is 2.64. The Kier molecular flexibility index (Phi) is 4.03. The quantitative estimate of drug-likeness (QED) is 0.512. The molecule has 0 unspecified atom stereocenters. The topological polar surface area (TPSA) is 105 Å². The fraction of sp³-hybridized carbons (Fsp3) is 0.364. The van der Waals surface area contributed by atoms with E-state index in [2.05, 4.69) is 10.7 Å². The Morgan fingerprint density at radius 2 is 1.89 bits per heavy atom. The summed E-state index contributed by atoms with van der Waals surface area (Å²) >= 11 is 0. The summed E-state index contributed by atoms with van der Waals surface area (Å²) in [5.41, 5.74) is 3.07. The summed E-state index contributed by atoms with van der Waals surface area (Å²) in [5.74, 6) is 5.11. The maximum atomic E-state index is 12.4. The molecule has 1 heterocycles. The number of carbonyl (C=O) groups excluding carboxylic acids is 1. The number of nitrogen functional groups attached to an aromatic ring is 1. The van der Waals surface area contributed by atoms with E-state index >= 15 is 0 Å². The van der Waals surface area contributed by atoms with Crippen molar-refractivity contribution in [1.82, 2.24) is 9.62 Å². The van der Waals surface area contributed by atoms with Crippen LogP contribution in [0.4, 0.5) is 5.69 Å². The van der Waals surface area contributed by atoms with Crippen molar-refractivity contribution in [3.05, 3.63) is 24.3 Å². The summed E-state index contributed by atoms with van der Waals surface area (Å²) in [5, 5.41) is 2.64. The van der Waals surface area contributed by atoms with Crippen molar-refractivity contribution in [1.29, 1.82) is 0 Å². The van der Waals surface area contributed by atoms with E-state index in [1.54, 1.807) is 12.1 Å². The molecular formula is C11H16N4O3S. The second-order valence-corrected chi connectivity index (χ2v) is 6.11. The van der Waals surface area contributed by atoms with Gasteiger partial charge in [0.25, 0.3) is 0 Å². The zero-order valence-corrected chi connectivity index (χ0v) is 11.1. The van der Waals surface area contributed by atoms with Gasteiger partial charge in [-0.3, -0.25) is 10.6 Å². The third-order valence-corrected chi connectivity index (χ3v) is 4.84. The van der Waals surface area contributed by atoms with Crippen molar-refractivity contribution in [3.63, 3.8) is 0 Å². The van der Waals surface area contributed by atoms with Crippen LogP contribution in [0.3, 0.4) is 0 Å². The van der Waals surface area contributed by atoms with Gasteiger partial charge in [0.2, 0.25) is 15.9 Å². The van der Waals surface area contributed by atoms with Gasteiger partial charge in [-0.1, -0.05) is 0 Å². The maximum absolute atomic E-state index is 12.4. The first-order chi connectivity index (χ1) is 9.04. The predicted octanol–water partition coefficient (Wildman–Crippen LogP) is -0.517. The number of amides is 1. The van der Waals surface area contributed by atoms with Crippen LogP contribution >= 0.6 is 0 Å². The minimum atomic E-state index is -3.56. The van der Waals surface area contributed by atoms with Gasteiger partial charge in [0.1, 0.15) is 0 Å². The molecule has 104 valence electrons. The van der Waals surface area contributed by atoms with Crippen LogP contribution in [0.5, 0.6) is 0 Å². The lowest BCUT2D eigenvalue weighted by Crippen LogP contribution is -2.34. The SMILES string of the molecule is NNc1ccc(S(=O)(=O)N2CCNC(=O)CC2)cc1. The lowest BCUT2D eigenvalue weighted by molar-refractivity contribution is -0.120. The molecule has 0 radical (unpaired) electrons. The minimum absolute atomic E-state index is 0.125. The standard InChI is InChI=1S/C11H16N4O3S/c12-14-9-1-3-10(4-2-9)19(17,18)15-7-5-11(16)13-6-8-15/h1-4,14H,5-8,12H2,(H,13,16). The van der Waals surface area contributed by atoms with Gasteiger partial charge < -0.3 is 10.7 Å². The Morgan fingerprint density at radius 3 is 2.53 bits per heavy atom. The van der Waals surface area contributed by atoms with Crippen LogP contribution in [-0.4, -0.2) is 38.3 Å². The number of anilines is 1. The van der Waals surface area contributed by atoms with Gasteiger partial charge in [0.15, 0.2) is 0 Å². The molecule has 1 saturated heterocycles. The molecule has 1 amide bonds. The first kappa shape index (κ1) is 13.8. The lowest BCUT2D eigenvalue weighted by atomic mass is 10.3. The summed E-state index contributed by atoms with van der Waals surface area (Å²) in [6, 6.07) is 6.16. The third-order valence-electron chi connectivity index (χ3n) is 2.93. The number of hydrogen-bond acceptors (Lipinski definition) is 5. The summed E-state index contributed by atoms with van der Waals surface area (Å²) < 4.78 is 26.1. The molecule has 4 N–H and O–H groups in total. The minimum Gasteiger partial charge on any atom is -0.355 e. The molecule has 1 fully saturated rings. The van der Waals surface area contributed by atoms with Gasteiger partial charge in [-0.05, 0) is 24.3 Å². The van der Waals surface area contributed by atoms with Gasteiger partial charge in [-0.15, -0.1) is 0 Å². The largest absolute Gasteiger partial charge is 0.355 e. The molecule has 7 nitrogen and oxygen atoms in total. The van der Waals surface area contributed by atoms with E-state index in [1.807, 2.05) is 0 Å². The Balaban J connectivity index is 2.22. The average molecular weight is 284 g/mol. The summed E-state index contributed by atoms with van der Waals surface area (Å²) in [4.78, 5) is 11.4. The van der Waals surface area contributed by atoms with Crippen LogP contribution in [0.25, 0.3) is 0 Å². The van der Waals surface area contributed by atoms with Crippen LogP contribution in [0.1, 0.15) is 6.42 Å². The van der Waals surface area contributed by atoms with E-state index in [9.17, 15) is 13.2 Å². The van der Waals surface area contributed by atoms with Gasteiger partial charge in [-0.2, -0.15) is 4.31 Å². The number of nitrogens with one attached hydrogen (secondary N) is 2. The number of benzene rings is 1. The van der Waals surface area contributed by atoms with Crippen molar-refractivity contribution in [2.75, 3.05) is 25.1 Å². The van der Waals surface area contributed by atoms with Gasteiger partial charge >= 0.3 is 0 Å². The smallest absolute Gasteiger partial charge is 0.243 e. The summed E-state index contributed by atoms with van der Waals surface area (Å²) in [7, 11) is -3.56. The molecule has 1 aromatic carbocycles. The van der Waals surface area contributed by atoms with Crippen molar-refractivity contribution in [2.24, 2.45) is 5.84 Å². The predicted molar refractivity (Wildman–Crippen MR) is 70.6 cm³/mol. The van der Waals surface area contributed by atoms with Crippen molar-refractivity contribution >= 4 is 21.6 Å². The molecule has 0 atom stereocenters. The van der Waals surface area contributed by atoms with Crippen molar-refractivity contribution in [2.45, 2.75) is 11.3 Å². The Hall–Kier alpha value is -1.64. The Bertz CT molecular complexity index is 556. The highest BCUT2D eigenvalue weighted by atomic mass is 32.2. The number of carbonyl (C=O) groups is 1. The molecular weight excluding hydrogens is 268 g/mol. The molecule has 1 aliphatic rings. The fourth-order valence-electron chi connectivity index (χ4n) is 1.86. The van der Waals surface area contributed by atoms with Gasteiger partial charge in [-0.25, -0.2) is 8.42 Å². The number of sulfonamides is 1. The molecule has 0 bridgehead atoms. The van der Waals surface area contributed by atoms with Crippen LogP contribution in [0, 0.1) is 0 Å². The van der Waals surface area contributed by atoms with E-state index in [-0.39, 0.29) is 30.3 Å². The number of nitrogens with two attached hydrogens (primary N) is 1. The second-order valence-electron chi connectivity index (χ2n) is 4.17. The van der Waals surface area contributed by atoms with Gasteiger partial charge in [0, 0.05) is 31.7 Å².